The molecule has 100 valence electrons. The maximum atomic E-state index is 11.4. The molecule has 0 unspecified atom stereocenters. The smallest absolute Gasteiger partial charge is 0.311 e. The molecule has 0 aliphatic carbocycles. The van der Waals surface area contributed by atoms with Gasteiger partial charge in [-0.05, 0) is 0 Å². The number of rotatable bonds is 0. The van der Waals surface area contributed by atoms with Crippen LogP contribution in [0, 0.1) is 10.2 Å². The van der Waals surface area contributed by atoms with Crippen LogP contribution in [-0.2, 0) is 14.1 Å². The minimum atomic E-state index is -4.94. The Bertz CT molecular complexity index is 609. The van der Waals surface area contributed by atoms with Gasteiger partial charge in [-0.1, -0.05) is 4.98 Å². The fourth-order valence-electron chi connectivity index (χ4n) is 1.41. The van der Waals surface area contributed by atoms with Gasteiger partial charge < -0.3 is 5.73 Å². The van der Waals surface area contributed by atoms with Crippen LogP contribution in [-0.4, -0.2) is 14.5 Å². The fraction of sp³-hybridized carbons (Fsp3) is 0.286. The Morgan fingerprint density at radius 2 is 1.94 bits per heavy atom. The second-order valence-corrected chi connectivity index (χ2v) is 4.09. The summed E-state index contributed by atoms with van der Waals surface area (Å²) in [4.78, 5) is 17.9. The van der Waals surface area contributed by atoms with Crippen molar-refractivity contribution in [3.8, 4) is 0 Å². The van der Waals surface area contributed by atoms with Crippen LogP contribution in [0.3, 0.4) is 0 Å². The standard InChI is InChI=1S/C7H9N5O.ClHO4/c1-11-3-12(2)5-4(11)6(13)10-7(8)9-5;2-1(3,4)5/h3H,1-2H3,(H2-,8,9,10,13);(H,2,3,4,5). The molecule has 0 radical (unpaired) electrons. The summed E-state index contributed by atoms with van der Waals surface area (Å²) in [6.07, 6.45) is 1.77. The van der Waals surface area contributed by atoms with E-state index in [0.29, 0.717) is 11.2 Å². The van der Waals surface area contributed by atoms with Crippen LogP contribution in [0.2, 0.25) is 0 Å². The minimum Gasteiger partial charge on any atom is -0.355 e. The second kappa shape index (κ2) is 4.88. The molecule has 3 N–H and O–H groups in total. The predicted octanol–water partition coefficient (Wildman–Crippen LogP) is -6.09. The van der Waals surface area contributed by atoms with Crippen molar-refractivity contribution in [1.82, 2.24) is 14.5 Å². The van der Waals surface area contributed by atoms with Crippen molar-refractivity contribution in [3.63, 3.8) is 0 Å². The number of aromatic amines is 1. The molecule has 2 aromatic heterocycles. The Balaban J connectivity index is 0.000000280. The Morgan fingerprint density at radius 3 is 2.44 bits per heavy atom. The van der Waals surface area contributed by atoms with E-state index in [1.807, 2.05) is 7.05 Å². The molecule has 0 fully saturated rings. The third-order valence-corrected chi connectivity index (χ3v) is 1.93. The van der Waals surface area contributed by atoms with E-state index >= 15 is 0 Å². The minimum absolute atomic E-state index is 0.138. The van der Waals surface area contributed by atoms with Gasteiger partial charge in [-0.2, -0.15) is 0 Å². The molecule has 2 heterocycles. The SMILES string of the molecule is Cn1c[n+](C)c2nc(N)[nH]c(=O)c21.[O-][Cl+3]([O-])([O-])[O-]. The van der Waals surface area contributed by atoms with Crippen molar-refractivity contribution < 1.29 is 33.4 Å². The molecule has 10 nitrogen and oxygen atoms in total. The number of nitrogen functional groups attached to an aromatic ring is 1. The van der Waals surface area contributed by atoms with E-state index in [9.17, 15) is 4.79 Å². The third kappa shape index (κ3) is 3.65. The zero-order valence-corrected chi connectivity index (χ0v) is 10.2. The van der Waals surface area contributed by atoms with Gasteiger partial charge in [0.15, 0.2) is 6.33 Å². The van der Waals surface area contributed by atoms with Gasteiger partial charge in [-0.15, -0.1) is 10.2 Å². The average Bonchev–Trinajstić information content (AvgIpc) is 2.38. The molecule has 0 aromatic carbocycles. The average molecular weight is 280 g/mol. The molecule has 0 saturated heterocycles. The maximum absolute atomic E-state index is 11.4. The Hall–Kier alpha value is -1.72. The zero-order valence-electron chi connectivity index (χ0n) is 9.42. The summed E-state index contributed by atoms with van der Waals surface area (Å²) in [6, 6.07) is 0. The van der Waals surface area contributed by atoms with Crippen molar-refractivity contribution in [1.29, 1.82) is 0 Å². The van der Waals surface area contributed by atoms with Crippen molar-refractivity contribution in [2.75, 3.05) is 5.73 Å². The topological polar surface area (TPSA) is 173 Å². The van der Waals surface area contributed by atoms with Crippen LogP contribution < -0.4 is 34.5 Å². The third-order valence-electron chi connectivity index (χ3n) is 1.93. The van der Waals surface area contributed by atoms with E-state index in [-0.39, 0.29) is 11.5 Å². The summed E-state index contributed by atoms with van der Waals surface area (Å²) < 4.78 is 37.4. The number of imidazole rings is 1. The van der Waals surface area contributed by atoms with Gasteiger partial charge in [0.2, 0.25) is 5.52 Å². The van der Waals surface area contributed by atoms with Crippen LogP contribution in [0.1, 0.15) is 0 Å². The molecule has 0 atom stereocenters. The number of aromatic nitrogens is 4. The van der Waals surface area contributed by atoms with E-state index in [2.05, 4.69) is 9.97 Å². The quantitative estimate of drug-likeness (QED) is 0.451. The first-order valence-corrected chi connectivity index (χ1v) is 5.65. The molecule has 0 saturated carbocycles. The van der Waals surface area contributed by atoms with Crippen LogP contribution in [0.5, 0.6) is 0 Å². The Labute approximate surface area is 102 Å². The summed E-state index contributed by atoms with van der Waals surface area (Å²) in [7, 11) is -1.34. The van der Waals surface area contributed by atoms with Gasteiger partial charge in [0, 0.05) is 0 Å². The van der Waals surface area contributed by atoms with E-state index in [1.165, 1.54) is 0 Å². The molecule has 0 bridgehead atoms. The van der Waals surface area contributed by atoms with Crippen LogP contribution in [0.4, 0.5) is 5.95 Å². The van der Waals surface area contributed by atoms with Crippen LogP contribution >= 0.6 is 0 Å². The molecule has 11 heteroatoms. The number of nitrogens with zero attached hydrogens (tertiary/aromatic N) is 3. The number of hydrogen-bond donors (Lipinski definition) is 2. The number of H-pyrrole nitrogens is 1. The molecule has 0 aliphatic heterocycles. The first-order valence-electron chi connectivity index (χ1n) is 4.42. The normalized spacial score (nSPS) is 11.2. The van der Waals surface area contributed by atoms with Crippen molar-refractivity contribution >= 4 is 17.1 Å². The maximum Gasteiger partial charge on any atom is 0.311 e. The lowest BCUT2D eigenvalue weighted by Crippen LogP contribution is -2.68. The summed E-state index contributed by atoms with van der Waals surface area (Å²) in [5.41, 5.74) is 6.31. The summed E-state index contributed by atoms with van der Waals surface area (Å²) in [6.45, 7) is 0. The van der Waals surface area contributed by atoms with E-state index in [1.54, 1.807) is 22.5 Å². The molecule has 2 aromatic rings. The molecule has 18 heavy (non-hydrogen) atoms. The lowest BCUT2D eigenvalue weighted by atomic mass is 10.5. The van der Waals surface area contributed by atoms with E-state index in [4.69, 9.17) is 24.4 Å². The highest BCUT2D eigenvalue weighted by Crippen LogP contribution is 2.00. The van der Waals surface area contributed by atoms with Crippen molar-refractivity contribution in [2.45, 2.75) is 0 Å². The van der Waals surface area contributed by atoms with Crippen molar-refractivity contribution in [2.24, 2.45) is 14.1 Å². The van der Waals surface area contributed by atoms with Gasteiger partial charge in [-0.3, -0.25) is 14.3 Å². The summed E-state index contributed by atoms with van der Waals surface area (Å²) >= 11 is 0. The van der Waals surface area contributed by atoms with E-state index in [0.717, 1.165) is 0 Å². The number of halogens is 1. The van der Waals surface area contributed by atoms with Crippen molar-refractivity contribution in [3.05, 3.63) is 16.7 Å². The highest BCUT2D eigenvalue weighted by molar-refractivity contribution is 5.66. The molecular formula is C7H10ClN5O5. The molecular weight excluding hydrogens is 270 g/mol. The van der Waals surface area contributed by atoms with Gasteiger partial charge in [0.25, 0.3) is 11.5 Å². The fourth-order valence-corrected chi connectivity index (χ4v) is 1.41. The van der Waals surface area contributed by atoms with E-state index < -0.39 is 10.2 Å². The highest BCUT2D eigenvalue weighted by Gasteiger charge is 2.16. The number of hydrogen-bond acceptors (Lipinski definition) is 7. The number of fused-ring (bicyclic) bond motifs is 1. The molecule has 0 amide bonds. The van der Waals surface area contributed by atoms with Gasteiger partial charge in [0.1, 0.15) is 0 Å². The van der Waals surface area contributed by atoms with Crippen LogP contribution in [0.25, 0.3) is 11.2 Å². The number of nitrogens with one attached hydrogen (secondary N) is 1. The molecule has 2 rings (SSSR count). The molecule has 0 spiro atoms. The zero-order chi connectivity index (χ0) is 14.1. The predicted molar refractivity (Wildman–Crippen MR) is 46.9 cm³/mol. The Morgan fingerprint density at radius 1 is 1.44 bits per heavy atom. The van der Waals surface area contributed by atoms with Gasteiger partial charge >= 0.3 is 5.65 Å². The number of anilines is 1. The lowest BCUT2D eigenvalue weighted by Gasteiger charge is -2.17. The molecule has 0 aliphatic rings. The Kier molecular flexibility index (Phi) is 3.88. The summed E-state index contributed by atoms with van der Waals surface area (Å²) in [5, 5.41) is 0. The summed E-state index contributed by atoms with van der Waals surface area (Å²) in [5.74, 6) is 0.138. The monoisotopic (exact) mass is 279 g/mol. The van der Waals surface area contributed by atoms with Crippen LogP contribution in [0.15, 0.2) is 11.1 Å². The highest BCUT2D eigenvalue weighted by atomic mass is 35.7. The largest absolute Gasteiger partial charge is 0.355 e. The van der Waals surface area contributed by atoms with Gasteiger partial charge in [-0.25, -0.2) is 23.2 Å². The number of aryl methyl sites for hydroxylation is 2. The number of nitrogens with two attached hydrogens (primary N) is 1. The first-order chi connectivity index (χ1) is 8.09. The second-order valence-electron chi connectivity index (χ2n) is 3.34. The van der Waals surface area contributed by atoms with Gasteiger partial charge in [0.05, 0.1) is 14.1 Å². The first kappa shape index (κ1) is 14.3. The lowest BCUT2D eigenvalue weighted by molar-refractivity contribution is -2.00.